The lowest BCUT2D eigenvalue weighted by Gasteiger charge is -2.12. The smallest absolute Gasteiger partial charge is 0.164 e. The first-order chi connectivity index (χ1) is 29.7. The quantitative estimate of drug-likeness (QED) is 0.146. The van der Waals surface area contributed by atoms with Gasteiger partial charge in [-0.2, -0.15) is 0 Å². The Kier molecular flexibility index (Phi) is 9.88. The van der Waals surface area contributed by atoms with Crippen molar-refractivity contribution in [2.24, 2.45) is 0 Å². The van der Waals surface area contributed by atoms with Crippen LogP contribution in [-0.2, 0) is 0 Å². The summed E-state index contributed by atoms with van der Waals surface area (Å²) in [5.74, 6) is 2.52. The number of nitrogens with zero attached hydrogens (tertiary/aromatic N) is 5. The molecule has 0 aliphatic rings. The summed E-state index contributed by atoms with van der Waals surface area (Å²) in [5.41, 5.74) is 14.1. The minimum absolute atomic E-state index is 0.606. The van der Waals surface area contributed by atoms with Crippen LogP contribution in [0, 0.1) is 0 Å². The van der Waals surface area contributed by atoms with Crippen LogP contribution in [0.4, 0.5) is 0 Å². The molecule has 0 bridgehead atoms. The summed E-state index contributed by atoms with van der Waals surface area (Å²) < 4.78 is 0. The highest BCUT2D eigenvalue weighted by atomic mass is 15.0. The molecule has 0 saturated heterocycles. The second kappa shape index (κ2) is 16.4. The van der Waals surface area contributed by atoms with Crippen LogP contribution in [0.5, 0.6) is 0 Å². The van der Waals surface area contributed by atoms with Gasteiger partial charge in [-0.1, -0.05) is 200 Å². The van der Waals surface area contributed by atoms with Gasteiger partial charge in [0.05, 0.1) is 11.4 Å². The molecule has 0 aliphatic carbocycles. The average molecular weight is 768 g/mol. The third-order valence-corrected chi connectivity index (χ3v) is 10.6. The number of hydrogen-bond donors (Lipinski definition) is 0. The minimum Gasteiger partial charge on any atom is -0.228 e. The third kappa shape index (κ3) is 7.76. The van der Waals surface area contributed by atoms with Gasteiger partial charge in [-0.05, 0) is 57.6 Å². The Morgan fingerprint density at radius 1 is 0.167 bits per heavy atom. The molecule has 5 nitrogen and oxygen atoms in total. The fourth-order valence-electron chi connectivity index (χ4n) is 7.44. The molecular weight excluding hydrogens is 731 g/mol. The van der Waals surface area contributed by atoms with E-state index in [-0.39, 0.29) is 0 Å². The van der Waals surface area contributed by atoms with Gasteiger partial charge < -0.3 is 0 Å². The van der Waals surface area contributed by atoms with E-state index in [2.05, 4.69) is 164 Å². The van der Waals surface area contributed by atoms with Crippen LogP contribution < -0.4 is 0 Å². The summed E-state index contributed by atoms with van der Waals surface area (Å²) in [5, 5.41) is 0. The number of aromatic nitrogens is 5. The van der Waals surface area contributed by atoms with Crippen LogP contribution in [-0.4, -0.2) is 24.9 Å². The van der Waals surface area contributed by atoms with E-state index in [0.717, 1.165) is 78.1 Å². The highest BCUT2D eigenvalue weighted by Gasteiger charge is 2.15. The van der Waals surface area contributed by atoms with E-state index in [9.17, 15) is 0 Å². The molecule has 282 valence electrons. The first-order valence-electron chi connectivity index (χ1n) is 20.0. The zero-order valence-corrected chi connectivity index (χ0v) is 32.6. The average Bonchev–Trinajstić information content (AvgIpc) is 3.35. The van der Waals surface area contributed by atoms with Gasteiger partial charge >= 0.3 is 0 Å². The normalized spacial score (nSPS) is 11.0. The van der Waals surface area contributed by atoms with Gasteiger partial charge in [0, 0.05) is 33.4 Å². The molecule has 2 heterocycles. The van der Waals surface area contributed by atoms with Crippen molar-refractivity contribution in [2.45, 2.75) is 0 Å². The Hall–Kier alpha value is -8.15. The number of benzene rings is 8. The SMILES string of the molecule is c1ccc(-c2ccc(-c3nc(-c4ccccc4)nc(-c4cccc(-c5cccc(-c6cc(-c7ccccc7)nc(-c7cccc(-c8ccccc8)c7)n6)c5)c4)n3)cc2)cc1. The predicted molar refractivity (Wildman–Crippen MR) is 244 cm³/mol. The maximum absolute atomic E-state index is 5.20. The molecule has 0 amide bonds. The zero-order chi connectivity index (χ0) is 40.1. The molecule has 60 heavy (non-hydrogen) atoms. The number of hydrogen-bond acceptors (Lipinski definition) is 5. The van der Waals surface area contributed by atoms with Gasteiger partial charge in [-0.15, -0.1) is 0 Å². The topological polar surface area (TPSA) is 64.5 Å². The lowest BCUT2D eigenvalue weighted by Crippen LogP contribution is -2.00. The molecule has 2 aromatic heterocycles. The molecule has 0 unspecified atom stereocenters. The molecule has 0 aliphatic heterocycles. The summed E-state index contributed by atoms with van der Waals surface area (Å²) in [4.78, 5) is 25.4. The van der Waals surface area contributed by atoms with Crippen molar-refractivity contribution in [3.63, 3.8) is 0 Å². The van der Waals surface area contributed by atoms with Gasteiger partial charge in [-0.25, -0.2) is 24.9 Å². The highest BCUT2D eigenvalue weighted by molar-refractivity contribution is 5.79. The lowest BCUT2D eigenvalue weighted by molar-refractivity contribution is 1.07. The van der Waals surface area contributed by atoms with Crippen LogP contribution in [0.15, 0.2) is 224 Å². The first kappa shape index (κ1) is 36.2. The molecule has 0 radical (unpaired) electrons. The first-order valence-corrected chi connectivity index (χ1v) is 20.0. The van der Waals surface area contributed by atoms with Crippen LogP contribution in [0.25, 0.3) is 101 Å². The van der Waals surface area contributed by atoms with Crippen LogP contribution in [0.3, 0.4) is 0 Å². The molecule has 5 heteroatoms. The van der Waals surface area contributed by atoms with E-state index in [0.29, 0.717) is 23.3 Å². The van der Waals surface area contributed by atoms with Gasteiger partial charge in [-0.3, -0.25) is 0 Å². The molecule has 8 aromatic carbocycles. The van der Waals surface area contributed by atoms with Crippen molar-refractivity contribution >= 4 is 0 Å². The Bertz CT molecular complexity index is 3060. The van der Waals surface area contributed by atoms with E-state index >= 15 is 0 Å². The van der Waals surface area contributed by atoms with E-state index in [1.165, 1.54) is 0 Å². The van der Waals surface area contributed by atoms with Crippen LogP contribution in [0.1, 0.15) is 0 Å². The van der Waals surface area contributed by atoms with E-state index in [1.807, 2.05) is 60.7 Å². The van der Waals surface area contributed by atoms with E-state index < -0.39 is 0 Å². The largest absolute Gasteiger partial charge is 0.228 e. The second-order valence-corrected chi connectivity index (χ2v) is 14.6. The van der Waals surface area contributed by atoms with Crippen LogP contribution >= 0.6 is 0 Å². The Morgan fingerprint density at radius 2 is 0.450 bits per heavy atom. The minimum atomic E-state index is 0.606. The molecule has 0 N–H and O–H groups in total. The van der Waals surface area contributed by atoms with Crippen molar-refractivity contribution < 1.29 is 0 Å². The van der Waals surface area contributed by atoms with Gasteiger partial charge in [0.2, 0.25) is 0 Å². The number of rotatable bonds is 9. The molecule has 10 rings (SSSR count). The van der Waals surface area contributed by atoms with Crippen molar-refractivity contribution in [1.82, 2.24) is 24.9 Å². The van der Waals surface area contributed by atoms with Gasteiger partial charge in [0.25, 0.3) is 0 Å². The summed E-state index contributed by atoms with van der Waals surface area (Å²) in [7, 11) is 0. The summed E-state index contributed by atoms with van der Waals surface area (Å²) in [6.45, 7) is 0. The molecule has 0 saturated carbocycles. The Labute approximate surface area is 349 Å². The molecule has 10 aromatic rings. The van der Waals surface area contributed by atoms with E-state index in [1.54, 1.807) is 0 Å². The van der Waals surface area contributed by atoms with Gasteiger partial charge in [0.15, 0.2) is 23.3 Å². The Morgan fingerprint density at radius 3 is 0.967 bits per heavy atom. The fraction of sp³-hybridized carbons (Fsp3) is 0. The van der Waals surface area contributed by atoms with Gasteiger partial charge in [0.1, 0.15) is 0 Å². The second-order valence-electron chi connectivity index (χ2n) is 14.6. The molecule has 0 fully saturated rings. The van der Waals surface area contributed by atoms with Crippen molar-refractivity contribution in [3.8, 4) is 101 Å². The molecular formula is C55H37N5. The summed E-state index contributed by atoms with van der Waals surface area (Å²) in [6.07, 6.45) is 0. The maximum atomic E-state index is 5.20. The highest BCUT2D eigenvalue weighted by Crippen LogP contribution is 2.34. The third-order valence-electron chi connectivity index (χ3n) is 10.6. The fourth-order valence-corrected chi connectivity index (χ4v) is 7.44. The van der Waals surface area contributed by atoms with E-state index in [4.69, 9.17) is 24.9 Å². The van der Waals surface area contributed by atoms with Crippen LogP contribution in [0.2, 0.25) is 0 Å². The lowest BCUT2D eigenvalue weighted by atomic mass is 9.98. The van der Waals surface area contributed by atoms with Crippen molar-refractivity contribution in [3.05, 3.63) is 224 Å². The van der Waals surface area contributed by atoms with Crippen molar-refractivity contribution in [2.75, 3.05) is 0 Å². The monoisotopic (exact) mass is 767 g/mol. The summed E-state index contributed by atoms with van der Waals surface area (Å²) in [6, 6.07) is 77.0. The van der Waals surface area contributed by atoms with Crippen molar-refractivity contribution in [1.29, 1.82) is 0 Å². The maximum Gasteiger partial charge on any atom is 0.164 e. The zero-order valence-electron chi connectivity index (χ0n) is 32.6. The molecule has 0 atom stereocenters. The predicted octanol–water partition coefficient (Wildman–Crippen LogP) is 13.7. The summed E-state index contributed by atoms with van der Waals surface area (Å²) >= 11 is 0. The molecule has 0 spiro atoms. The Balaban J connectivity index is 1.03. The standard InChI is InChI=1S/C55H37N5/c1-5-16-38(17-6-1)40-30-32-43(33-31-40)53-58-52(42-22-11-4-12-23-42)59-55(60-53)49-29-15-26-46(36-49)45-25-13-27-47(34-45)51-37-50(41-20-9-3-10-21-41)56-54(57-51)48-28-14-24-44(35-48)39-18-7-2-8-19-39/h1-37H.